The van der Waals surface area contributed by atoms with Crippen LogP contribution in [0.25, 0.3) is 0 Å². The summed E-state index contributed by atoms with van der Waals surface area (Å²) in [5.74, 6) is 0.353. The molecule has 2 aromatic rings. The summed E-state index contributed by atoms with van der Waals surface area (Å²) in [6, 6.07) is 5.40. The molecule has 1 atom stereocenters. The molecular weight excluding hydrogens is 274 g/mol. The number of carbonyl (C=O) groups excluding carboxylic acids is 1. The Kier molecular flexibility index (Phi) is 3.89. The molecule has 106 valence electrons. The maximum atomic E-state index is 12.1. The van der Waals surface area contributed by atoms with Gasteiger partial charge in [-0.3, -0.25) is 4.79 Å². The van der Waals surface area contributed by atoms with Gasteiger partial charge in [0.25, 0.3) is 5.91 Å². The van der Waals surface area contributed by atoms with Crippen LogP contribution in [0.5, 0.6) is 0 Å². The fraction of sp³-hybridized carbons (Fsp3) is 0.400. The Balaban J connectivity index is 1.60. The summed E-state index contributed by atoms with van der Waals surface area (Å²) in [5, 5.41) is 12.6. The van der Waals surface area contributed by atoms with Gasteiger partial charge in [-0.1, -0.05) is 0 Å². The number of hydrogen-bond donors (Lipinski definition) is 2. The van der Waals surface area contributed by atoms with Crippen LogP contribution >= 0.6 is 11.3 Å². The van der Waals surface area contributed by atoms with E-state index in [0.717, 1.165) is 17.7 Å². The van der Waals surface area contributed by atoms with E-state index in [1.54, 1.807) is 23.5 Å². The highest BCUT2D eigenvalue weighted by Crippen LogP contribution is 2.29. The smallest absolute Gasteiger partial charge is 0.261 e. The van der Waals surface area contributed by atoms with Crippen molar-refractivity contribution in [3.63, 3.8) is 0 Å². The molecule has 4 nitrogen and oxygen atoms in total. The van der Waals surface area contributed by atoms with Crippen molar-refractivity contribution in [2.24, 2.45) is 0 Å². The number of nitrogens with one attached hydrogen (secondary N) is 1. The van der Waals surface area contributed by atoms with Crippen molar-refractivity contribution in [2.45, 2.75) is 31.8 Å². The van der Waals surface area contributed by atoms with Gasteiger partial charge >= 0.3 is 0 Å². The van der Waals surface area contributed by atoms with Crippen molar-refractivity contribution < 1.29 is 14.3 Å². The van der Waals surface area contributed by atoms with E-state index in [1.165, 1.54) is 29.5 Å². The van der Waals surface area contributed by atoms with E-state index in [0.29, 0.717) is 5.76 Å². The minimum Gasteiger partial charge on any atom is -0.467 e. The van der Waals surface area contributed by atoms with Crippen LogP contribution in [0.4, 0.5) is 0 Å². The summed E-state index contributed by atoms with van der Waals surface area (Å²) in [7, 11) is 0. The molecule has 1 aliphatic rings. The van der Waals surface area contributed by atoms with Gasteiger partial charge in [-0.15, -0.1) is 11.3 Å². The number of furan rings is 1. The van der Waals surface area contributed by atoms with Gasteiger partial charge in [0.05, 0.1) is 17.7 Å². The van der Waals surface area contributed by atoms with Gasteiger partial charge in [0, 0.05) is 4.88 Å². The highest BCUT2D eigenvalue weighted by Gasteiger charge is 2.18. The Morgan fingerprint density at radius 3 is 3.05 bits per heavy atom. The van der Waals surface area contributed by atoms with E-state index in [1.807, 2.05) is 6.07 Å². The maximum absolute atomic E-state index is 12.1. The first-order valence-corrected chi connectivity index (χ1v) is 7.67. The van der Waals surface area contributed by atoms with Crippen LogP contribution < -0.4 is 5.32 Å². The summed E-state index contributed by atoms with van der Waals surface area (Å²) < 4.78 is 5.10. The predicted octanol–water partition coefficient (Wildman–Crippen LogP) is 2.68. The van der Waals surface area contributed by atoms with Crippen molar-refractivity contribution >= 4 is 17.2 Å². The summed E-state index contributed by atoms with van der Waals surface area (Å²) in [6.07, 6.45) is 5.29. The lowest BCUT2D eigenvalue weighted by molar-refractivity contribution is 0.0905. The number of hydrogen-bond acceptors (Lipinski definition) is 4. The number of aliphatic hydroxyl groups is 1. The van der Waals surface area contributed by atoms with Crippen LogP contribution in [0.3, 0.4) is 0 Å². The van der Waals surface area contributed by atoms with Crippen LogP contribution in [0.1, 0.15) is 44.8 Å². The molecule has 0 spiro atoms. The maximum Gasteiger partial charge on any atom is 0.261 e. The Bertz CT molecular complexity index is 565. The van der Waals surface area contributed by atoms with Crippen LogP contribution in [0, 0.1) is 0 Å². The third kappa shape index (κ3) is 2.78. The Labute approximate surface area is 121 Å². The van der Waals surface area contributed by atoms with Gasteiger partial charge in [0.15, 0.2) is 0 Å². The Morgan fingerprint density at radius 2 is 2.30 bits per heavy atom. The van der Waals surface area contributed by atoms with Crippen molar-refractivity contribution in [1.29, 1.82) is 0 Å². The number of thiophene rings is 1. The molecule has 0 saturated carbocycles. The SMILES string of the molecule is O=C(NCC(O)c1ccco1)c1cc2c(s1)CCCC2. The molecule has 2 aromatic heterocycles. The third-order valence-electron chi connectivity index (χ3n) is 3.55. The normalized spacial score (nSPS) is 15.7. The molecule has 1 amide bonds. The summed E-state index contributed by atoms with van der Waals surface area (Å²) in [4.78, 5) is 14.2. The second-order valence-corrected chi connectivity index (χ2v) is 6.14. The van der Waals surface area contributed by atoms with Crippen LogP contribution in [-0.2, 0) is 12.8 Å². The van der Waals surface area contributed by atoms with E-state index in [2.05, 4.69) is 5.32 Å². The lowest BCUT2D eigenvalue weighted by atomic mass is 9.99. The second kappa shape index (κ2) is 5.81. The fourth-order valence-electron chi connectivity index (χ4n) is 2.46. The van der Waals surface area contributed by atoms with E-state index >= 15 is 0 Å². The highest BCUT2D eigenvalue weighted by molar-refractivity contribution is 7.14. The summed E-state index contributed by atoms with van der Waals surface area (Å²) >= 11 is 1.58. The van der Waals surface area contributed by atoms with E-state index in [4.69, 9.17) is 4.42 Å². The number of rotatable bonds is 4. The van der Waals surface area contributed by atoms with Crippen LogP contribution in [-0.4, -0.2) is 17.6 Å². The van der Waals surface area contributed by atoms with Gasteiger partial charge in [0.2, 0.25) is 0 Å². The molecule has 0 bridgehead atoms. The molecule has 20 heavy (non-hydrogen) atoms. The van der Waals surface area contributed by atoms with Crippen molar-refractivity contribution in [2.75, 3.05) is 6.54 Å². The average Bonchev–Trinajstić information content (AvgIpc) is 3.12. The van der Waals surface area contributed by atoms with Gasteiger partial charge in [0.1, 0.15) is 11.9 Å². The Morgan fingerprint density at radius 1 is 1.45 bits per heavy atom. The molecule has 0 saturated heterocycles. The van der Waals surface area contributed by atoms with E-state index in [-0.39, 0.29) is 12.5 Å². The zero-order valence-corrected chi connectivity index (χ0v) is 11.9. The van der Waals surface area contributed by atoms with Crippen molar-refractivity contribution in [3.05, 3.63) is 45.5 Å². The zero-order chi connectivity index (χ0) is 13.9. The molecule has 0 aromatic carbocycles. The third-order valence-corrected chi connectivity index (χ3v) is 4.78. The number of aliphatic hydroxyl groups excluding tert-OH is 1. The van der Waals surface area contributed by atoms with Crippen LogP contribution in [0.2, 0.25) is 0 Å². The molecular formula is C15H17NO3S. The second-order valence-electron chi connectivity index (χ2n) is 5.01. The van der Waals surface area contributed by atoms with E-state index in [9.17, 15) is 9.90 Å². The largest absolute Gasteiger partial charge is 0.467 e. The summed E-state index contributed by atoms with van der Waals surface area (Å²) in [5.41, 5.74) is 1.32. The minimum atomic E-state index is -0.802. The van der Waals surface area contributed by atoms with Gasteiger partial charge in [-0.2, -0.15) is 0 Å². The fourth-order valence-corrected chi connectivity index (χ4v) is 3.63. The molecule has 1 aliphatic carbocycles. The first-order chi connectivity index (χ1) is 9.74. The number of amides is 1. The molecule has 2 N–H and O–H groups in total. The molecule has 2 heterocycles. The molecule has 1 unspecified atom stereocenters. The first kappa shape index (κ1) is 13.4. The lowest BCUT2D eigenvalue weighted by Crippen LogP contribution is -2.27. The summed E-state index contributed by atoms with van der Waals surface area (Å²) in [6.45, 7) is 0.162. The Hall–Kier alpha value is -1.59. The monoisotopic (exact) mass is 291 g/mol. The van der Waals surface area contributed by atoms with Crippen LogP contribution in [0.15, 0.2) is 28.9 Å². The van der Waals surface area contributed by atoms with Gasteiger partial charge < -0.3 is 14.8 Å². The standard InChI is InChI=1S/C15H17NO3S/c17-11(12-5-3-7-19-12)9-16-15(18)14-8-10-4-1-2-6-13(10)20-14/h3,5,7-8,11,17H,1-2,4,6,9H2,(H,16,18). The minimum absolute atomic E-state index is 0.116. The molecule has 0 fully saturated rings. The molecule has 0 radical (unpaired) electrons. The predicted molar refractivity (Wildman–Crippen MR) is 77.0 cm³/mol. The highest BCUT2D eigenvalue weighted by atomic mass is 32.1. The van der Waals surface area contributed by atoms with Crippen molar-refractivity contribution in [3.8, 4) is 0 Å². The molecule has 5 heteroatoms. The number of fused-ring (bicyclic) bond motifs is 1. The van der Waals surface area contributed by atoms with Gasteiger partial charge in [-0.25, -0.2) is 0 Å². The number of aryl methyl sites for hydroxylation is 2. The quantitative estimate of drug-likeness (QED) is 0.910. The lowest BCUT2D eigenvalue weighted by Gasteiger charge is -2.08. The number of carbonyl (C=O) groups is 1. The first-order valence-electron chi connectivity index (χ1n) is 6.85. The van der Waals surface area contributed by atoms with Gasteiger partial charge in [-0.05, 0) is 49.4 Å². The molecule has 3 rings (SSSR count). The zero-order valence-electron chi connectivity index (χ0n) is 11.1. The van der Waals surface area contributed by atoms with E-state index < -0.39 is 6.10 Å². The average molecular weight is 291 g/mol. The topological polar surface area (TPSA) is 62.5 Å². The van der Waals surface area contributed by atoms with Crippen molar-refractivity contribution in [1.82, 2.24) is 5.32 Å². The molecule has 0 aliphatic heterocycles.